The Bertz CT molecular complexity index is 1030. The van der Waals surface area contributed by atoms with Gasteiger partial charge in [0.2, 0.25) is 5.82 Å². The van der Waals surface area contributed by atoms with Gasteiger partial charge >= 0.3 is 11.6 Å². The Morgan fingerprint density at radius 3 is 2.61 bits per heavy atom. The van der Waals surface area contributed by atoms with Crippen LogP contribution in [0.5, 0.6) is 11.6 Å². The zero-order valence-electron chi connectivity index (χ0n) is 15.8. The number of nitrogens with zero attached hydrogens (tertiary/aromatic N) is 4. The minimum absolute atomic E-state index is 0.0527. The van der Waals surface area contributed by atoms with Gasteiger partial charge in [0.25, 0.3) is 0 Å². The molecule has 2 heterocycles. The molecule has 0 N–H and O–H groups in total. The van der Waals surface area contributed by atoms with Gasteiger partial charge in [-0.05, 0) is 61.6 Å². The summed E-state index contributed by atoms with van der Waals surface area (Å²) in [7, 11) is 0. The molecule has 142 valence electrons. The van der Waals surface area contributed by atoms with Crippen molar-refractivity contribution in [2.45, 2.75) is 26.7 Å². The highest BCUT2D eigenvalue weighted by atomic mass is 16.6. The molecular formula is C21H20N4O3. The van der Waals surface area contributed by atoms with E-state index in [0.29, 0.717) is 12.3 Å². The van der Waals surface area contributed by atoms with Crippen LogP contribution in [0.1, 0.15) is 23.1 Å². The second-order valence-corrected chi connectivity index (χ2v) is 6.92. The molecule has 0 unspecified atom stereocenters. The lowest BCUT2D eigenvalue weighted by Gasteiger charge is -2.29. The fourth-order valence-corrected chi connectivity index (χ4v) is 3.64. The first-order chi connectivity index (χ1) is 13.5. The molecule has 0 bridgehead atoms. The van der Waals surface area contributed by atoms with Gasteiger partial charge < -0.3 is 9.64 Å². The Labute approximate surface area is 162 Å². The number of aromatic nitrogens is 2. The minimum Gasteiger partial charge on any atom is -0.434 e. The molecule has 7 heteroatoms. The smallest absolute Gasteiger partial charge is 0.373 e. The molecule has 1 aromatic heterocycles. The van der Waals surface area contributed by atoms with Crippen LogP contribution in [0.15, 0.2) is 48.8 Å². The lowest BCUT2D eigenvalue weighted by Crippen LogP contribution is -2.26. The molecule has 3 aromatic rings. The monoisotopic (exact) mass is 376 g/mol. The second-order valence-electron chi connectivity index (χ2n) is 6.92. The minimum atomic E-state index is -0.468. The molecule has 2 aromatic carbocycles. The van der Waals surface area contributed by atoms with Crippen LogP contribution in [-0.4, -0.2) is 21.4 Å². The molecule has 0 saturated carbocycles. The summed E-state index contributed by atoms with van der Waals surface area (Å²) in [5, 5.41) is 11.9. The first-order valence-corrected chi connectivity index (χ1v) is 9.14. The third-order valence-electron chi connectivity index (χ3n) is 4.73. The zero-order valence-corrected chi connectivity index (χ0v) is 15.8. The first-order valence-electron chi connectivity index (χ1n) is 9.14. The van der Waals surface area contributed by atoms with E-state index >= 15 is 0 Å². The predicted molar refractivity (Wildman–Crippen MR) is 106 cm³/mol. The molecule has 1 aliphatic rings. The Morgan fingerprint density at radius 2 is 1.86 bits per heavy atom. The Morgan fingerprint density at radius 1 is 1.11 bits per heavy atom. The number of fused-ring (bicyclic) bond motifs is 1. The SMILES string of the molecule is Cc1cc(C)cc(Oc2ncnc(N3CCCc4ccccc43)c2[N+](=O)[O-])c1. The molecule has 0 saturated heterocycles. The van der Waals surface area contributed by atoms with Crippen LogP contribution in [0.3, 0.4) is 0 Å². The van der Waals surface area contributed by atoms with Crippen molar-refractivity contribution >= 4 is 17.2 Å². The largest absolute Gasteiger partial charge is 0.434 e. The second kappa shape index (κ2) is 7.26. The number of rotatable bonds is 4. The molecule has 0 spiro atoms. The highest BCUT2D eigenvalue weighted by Crippen LogP contribution is 2.41. The fourth-order valence-electron chi connectivity index (χ4n) is 3.64. The topological polar surface area (TPSA) is 81.4 Å². The summed E-state index contributed by atoms with van der Waals surface area (Å²) in [6.07, 6.45) is 3.15. The lowest BCUT2D eigenvalue weighted by atomic mass is 10.0. The Kier molecular flexibility index (Phi) is 4.65. The van der Waals surface area contributed by atoms with Crippen molar-refractivity contribution < 1.29 is 9.66 Å². The van der Waals surface area contributed by atoms with Crippen LogP contribution < -0.4 is 9.64 Å². The molecule has 1 aliphatic heterocycles. The van der Waals surface area contributed by atoms with Crippen LogP contribution in [0.2, 0.25) is 0 Å². The normalized spacial score (nSPS) is 13.1. The van der Waals surface area contributed by atoms with E-state index < -0.39 is 4.92 Å². The van der Waals surface area contributed by atoms with Gasteiger partial charge in [-0.25, -0.2) is 4.98 Å². The maximum Gasteiger partial charge on any atom is 0.373 e. The maximum atomic E-state index is 11.9. The van der Waals surface area contributed by atoms with Crippen molar-refractivity contribution in [3.8, 4) is 11.6 Å². The summed E-state index contributed by atoms with van der Waals surface area (Å²) in [5.41, 5.74) is 3.89. The van der Waals surface area contributed by atoms with Crippen LogP contribution in [0.4, 0.5) is 17.2 Å². The molecular weight excluding hydrogens is 356 g/mol. The van der Waals surface area contributed by atoms with E-state index in [0.717, 1.165) is 35.2 Å². The quantitative estimate of drug-likeness (QED) is 0.477. The predicted octanol–water partition coefficient (Wildman–Crippen LogP) is 4.88. The maximum absolute atomic E-state index is 11.9. The van der Waals surface area contributed by atoms with Gasteiger partial charge in [0.15, 0.2) is 0 Å². The number of aryl methyl sites for hydroxylation is 3. The molecule has 0 amide bonds. The molecule has 0 aliphatic carbocycles. The fraction of sp³-hybridized carbons (Fsp3) is 0.238. The lowest BCUT2D eigenvalue weighted by molar-refractivity contribution is -0.385. The molecule has 4 rings (SSSR count). The number of nitro groups is 1. The van der Waals surface area contributed by atoms with Crippen molar-refractivity contribution in [2.75, 3.05) is 11.4 Å². The number of hydrogen-bond donors (Lipinski definition) is 0. The van der Waals surface area contributed by atoms with Gasteiger partial charge in [-0.15, -0.1) is 0 Å². The molecule has 28 heavy (non-hydrogen) atoms. The Balaban J connectivity index is 1.80. The number of anilines is 2. The van der Waals surface area contributed by atoms with Gasteiger partial charge in [0, 0.05) is 12.2 Å². The van der Waals surface area contributed by atoms with E-state index in [1.54, 1.807) is 0 Å². The third kappa shape index (κ3) is 3.38. The standard InChI is InChI=1S/C21H20N4O3/c1-14-10-15(2)12-17(11-14)28-21-19(25(26)27)20(22-13-23-21)24-9-5-7-16-6-3-4-8-18(16)24/h3-4,6,8,10-13H,5,7,9H2,1-2H3. The number of benzene rings is 2. The average Bonchev–Trinajstić information content (AvgIpc) is 2.66. The summed E-state index contributed by atoms with van der Waals surface area (Å²) in [6.45, 7) is 4.55. The van der Waals surface area contributed by atoms with E-state index in [-0.39, 0.29) is 17.4 Å². The van der Waals surface area contributed by atoms with Crippen molar-refractivity contribution in [1.29, 1.82) is 0 Å². The van der Waals surface area contributed by atoms with Crippen LogP contribution in [0.25, 0.3) is 0 Å². The van der Waals surface area contributed by atoms with Crippen LogP contribution in [-0.2, 0) is 6.42 Å². The highest BCUT2D eigenvalue weighted by molar-refractivity contribution is 5.73. The van der Waals surface area contributed by atoms with Gasteiger partial charge in [-0.3, -0.25) is 10.1 Å². The van der Waals surface area contributed by atoms with E-state index in [1.165, 1.54) is 6.33 Å². The van der Waals surface area contributed by atoms with E-state index in [2.05, 4.69) is 9.97 Å². The third-order valence-corrected chi connectivity index (χ3v) is 4.73. The summed E-state index contributed by atoms with van der Waals surface area (Å²) < 4.78 is 5.83. The summed E-state index contributed by atoms with van der Waals surface area (Å²) in [4.78, 5) is 21.7. The number of para-hydroxylation sites is 1. The zero-order chi connectivity index (χ0) is 19.7. The van der Waals surface area contributed by atoms with Crippen molar-refractivity contribution in [3.05, 3.63) is 75.6 Å². The highest BCUT2D eigenvalue weighted by Gasteiger charge is 2.31. The van der Waals surface area contributed by atoms with Crippen LogP contribution in [0, 0.1) is 24.0 Å². The van der Waals surface area contributed by atoms with Gasteiger partial charge in [0.1, 0.15) is 12.1 Å². The van der Waals surface area contributed by atoms with Crippen molar-refractivity contribution in [1.82, 2.24) is 9.97 Å². The number of ether oxygens (including phenoxy) is 1. The van der Waals surface area contributed by atoms with E-state index in [4.69, 9.17) is 4.74 Å². The number of hydrogen-bond acceptors (Lipinski definition) is 6. The average molecular weight is 376 g/mol. The van der Waals surface area contributed by atoms with Gasteiger partial charge in [0.05, 0.1) is 4.92 Å². The van der Waals surface area contributed by atoms with Crippen molar-refractivity contribution in [3.63, 3.8) is 0 Å². The summed E-state index contributed by atoms with van der Waals surface area (Å²) in [5.74, 6) is 0.721. The molecule has 7 nitrogen and oxygen atoms in total. The van der Waals surface area contributed by atoms with E-state index in [9.17, 15) is 10.1 Å². The molecule has 0 fully saturated rings. The van der Waals surface area contributed by atoms with E-state index in [1.807, 2.05) is 61.2 Å². The van der Waals surface area contributed by atoms with Crippen LogP contribution >= 0.6 is 0 Å². The van der Waals surface area contributed by atoms with Crippen molar-refractivity contribution in [2.24, 2.45) is 0 Å². The first kappa shape index (κ1) is 17.9. The molecule has 0 atom stereocenters. The molecule has 0 radical (unpaired) electrons. The summed E-state index contributed by atoms with van der Waals surface area (Å²) >= 11 is 0. The Hall–Kier alpha value is -3.48. The van der Waals surface area contributed by atoms with Gasteiger partial charge in [-0.1, -0.05) is 24.3 Å². The van der Waals surface area contributed by atoms with Gasteiger partial charge in [-0.2, -0.15) is 4.98 Å². The summed E-state index contributed by atoms with van der Waals surface area (Å²) in [6, 6.07) is 13.6.